The highest BCUT2D eigenvalue weighted by molar-refractivity contribution is 9.10. The van der Waals surface area contributed by atoms with Crippen molar-refractivity contribution in [1.29, 1.82) is 0 Å². The molecule has 1 spiro atoms. The Morgan fingerprint density at radius 1 is 1.00 bits per heavy atom. The lowest BCUT2D eigenvalue weighted by molar-refractivity contribution is -0.142. The Balaban J connectivity index is 1.50. The highest BCUT2D eigenvalue weighted by atomic mass is 79.9. The van der Waals surface area contributed by atoms with Gasteiger partial charge in [-0.25, -0.2) is 5.43 Å². The minimum absolute atomic E-state index is 0.0276. The molecule has 2 amide bonds. The van der Waals surface area contributed by atoms with Crippen LogP contribution in [0.25, 0.3) is 0 Å². The van der Waals surface area contributed by atoms with Crippen molar-refractivity contribution in [3.63, 3.8) is 0 Å². The molecule has 32 heavy (non-hydrogen) atoms. The fraction of sp³-hybridized carbons (Fsp3) is 0.680. The Kier molecular flexibility index (Phi) is 7.90. The lowest BCUT2D eigenvalue weighted by Crippen LogP contribution is -2.75. The van der Waals surface area contributed by atoms with E-state index in [-0.39, 0.29) is 28.2 Å². The van der Waals surface area contributed by atoms with Gasteiger partial charge >= 0.3 is 0 Å². The first-order valence-corrected chi connectivity index (χ1v) is 13.2. The van der Waals surface area contributed by atoms with Crippen LogP contribution in [0.5, 0.6) is 0 Å². The zero-order chi connectivity index (χ0) is 22.6. The summed E-state index contributed by atoms with van der Waals surface area (Å²) < 4.78 is 0. The van der Waals surface area contributed by atoms with Gasteiger partial charge in [-0.1, -0.05) is 85.1 Å². The Morgan fingerprint density at radius 2 is 1.66 bits per heavy atom. The summed E-state index contributed by atoms with van der Waals surface area (Å²) in [6.45, 7) is 4.62. The summed E-state index contributed by atoms with van der Waals surface area (Å²) >= 11 is 3.73. The summed E-state index contributed by atoms with van der Waals surface area (Å²) in [5.41, 5.74) is 8.63. The third kappa shape index (κ3) is 5.20. The van der Waals surface area contributed by atoms with Gasteiger partial charge in [-0.15, -0.1) is 0 Å². The molecule has 2 aliphatic heterocycles. The molecule has 4 rings (SSSR count). The summed E-state index contributed by atoms with van der Waals surface area (Å²) in [6.07, 6.45) is 10.7. The highest BCUT2D eigenvalue weighted by Crippen LogP contribution is 2.37. The van der Waals surface area contributed by atoms with Gasteiger partial charge in [0.15, 0.2) is 0 Å². The van der Waals surface area contributed by atoms with Crippen LogP contribution >= 0.6 is 15.9 Å². The average molecular weight is 506 g/mol. The maximum atomic E-state index is 13.2. The summed E-state index contributed by atoms with van der Waals surface area (Å²) in [7, 11) is 0. The van der Waals surface area contributed by atoms with E-state index in [1.54, 1.807) is 0 Å². The number of nitrogens with one attached hydrogen (secondary N) is 2. The summed E-state index contributed by atoms with van der Waals surface area (Å²) in [5.74, 6) is 0.118. The van der Waals surface area contributed by atoms with Crippen molar-refractivity contribution < 1.29 is 9.59 Å². The number of halogens is 1. The molecule has 176 valence electrons. The fourth-order valence-corrected chi connectivity index (χ4v) is 6.68. The molecule has 1 aromatic rings. The normalized spacial score (nSPS) is 27.9. The first kappa shape index (κ1) is 23.7. The van der Waals surface area contributed by atoms with E-state index in [9.17, 15) is 9.59 Å². The number of hydrazine groups is 1. The van der Waals surface area contributed by atoms with Crippen LogP contribution in [0.15, 0.2) is 24.3 Å². The van der Waals surface area contributed by atoms with Crippen molar-refractivity contribution >= 4 is 27.7 Å². The quantitative estimate of drug-likeness (QED) is 0.616. The molecular weight excluding hydrogens is 468 g/mol. The van der Waals surface area contributed by atoms with Crippen LogP contribution in [0.4, 0.5) is 0 Å². The van der Waals surface area contributed by atoms with Crippen LogP contribution < -0.4 is 10.9 Å². The van der Waals surface area contributed by atoms with Crippen LogP contribution in [0.3, 0.4) is 0 Å². The lowest BCUT2D eigenvalue weighted by atomic mass is 9.76. The predicted octanol–water partition coefficient (Wildman–Crippen LogP) is 3.67. The summed E-state index contributed by atoms with van der Waals surface area (Å²) in [4.78, 5) is 29.8. The molecule has 2 heterocycles. The van der Waals surface area contributed by atoms with Gasteiger partial charge in [-0.2, -0.15) is 0 Å². The lowest BCUT2D eigenvalue weighted by Gasteiger charge is -2.53. The first-order valence-electron chi connectivity index (χ1n) is 12.3. The highest BCUT2D eigenvalue weighted by Gasteiger charge is 2.51. The smallest absolute Gasteiger partial charge is 0.249 e. The van der Waals surface area contributed by atoms with Crippen molar-refractivity contribution in [2.45, 2.75) is 87.7 Å². The van der Waals surface area contributed by atoms with Gasteiger partial charge in [0.25, 0.3) is 0 Å². The minimum atomic E-state index is -0.317. The number of rotatable bonds is 3. The number of aryl methyl sites for hydroxylation is 1. The molecule has 6 nitrogen and oxygen atoms in total. The van der Waals surface area contributed by atoms with Gasteiger partial charge < -0.3 is 4.90 Å². The Hall–Kier alpha value is -1.44. The van der Waals surface area contributed by atoms with Gasteiger partial charge in [0, 0.05) is 19.6 Å². The zero-order valence-corrected chi connectivity index (χ0v) is 20.8. The molecule has 2 N–H and O–H groups in total. The maximum absolute atomic E-state index is 13.2. The van der Waals surface area contributed by atoms with E-state index in [1.807, 2.05) is 17.0 Å². The zero-order valence-electron chi connectivity index (χ0n) is 19.2. The topological polar surface area (TPSA) is 64.7 Å². The van der Waals surface area contributed by atoms with E-state index < -0.39 is 0 Å². The number of carbonyl (C=O) groups is 2. The molecule has 0 bridgehead atoms. The number of nitrogens with zero attached hydrogens (tertiary/aromatic N) is 2. The molecule has 0 aromatic heterocycles. The van der Waals surface area contributed by atoms with Crippen molar-refractivity contribution in [1.82, 2.24) is 20.7 Å². The van der Waals surface area contributed by atoms with E-state index in [2.05, 4.69) is 50.7 Å². The number of hydrogen-bond donors (Lipinski definition) is 2. The maximum Gasteiger partial charge on any atom is 0.249 e. The van der Waals surface area contributed by atoms with Crippen molar-refractivity contribution in [2.75, 3.05) is 19.6 Å². The van der Waals surface area contributed by atoms with Gasteiger partial charge in [0.2, 0.25) is 11.8 Å². The van der Waals surface area contributed by atoms with Crippen LogP contribution in [-0.2, 0) is 16.1 Å². The third-order valence-corrected chi connectivity index (χ3v) is 8.55. The second kappa shape index (κ2) is 10.7. The summed E-state index contributed by atoms with van der Waals surface area (Å²) in [5, 5.41) is 0. The molecule has 2 saturated heterocycles. The third-order valence-electron chi connectivity index (χ3n) is 7.64. The number of hydrogen-bond acceptors (Lipinski definition) is 4. The predicted molar refractivity (Wildman–Crippen MR) is 130 cm³/mol. The number of benzene rings is 1. The summed E-state index contributed by atoms with van der Waals surface area (Å²) in [6, 6.07) is 8.25. The molecule has 3 aliphatic rings. The second-order valence-corrected chi connectivity index (χ2v) is 10.8. The average Bonchev–Trinajstić information content (AvgIpc) is 2.79. The van der Waals surface area contributed by atoms with E-state index >= 15 is 0 Å². The van der Waals surface area contributed by atoms with Gasteiger partial charge in [-0.05, 0) is 30.9 Å². The first-order chi connectivity index (χ1) is 15.5. The number of alkyl halides is 1. The SMILES string of the molecule is Cc1ccccc1CN1CCN(C2C(Br)C(=O)NNC23CCCCCCCCC3)CC1=O. The largest absolute Gasteiger partial charge is 0.336 e. The van der Waals surface area contributed by atoms with Crippen LogP contribution in [-0.4, -0.2) is 57.7 Å². The fourth-order valence-electron chi connectivity index (χ4n) is 5.72. The Bertz CT molecular complexity index is 807. The van der Waals surface area contributed by atoms with Crippen molar-refractivity contribution in [3.05, 3.63) is 35.4 Å². The number of piperazine rings is 1. The van der Waals surface area contributed by atoms with E-state index in [4.69, 9.17) is 0 Å². The van der Waals surface area contributed by atoms with Crippen molar-refractivity contribution in [3.8, 4) is 0 Å². The molecule has 1 aliphatic carbocycles. The Labute approximate surface area is 200 Å². The Morgan fingerprint density at radius 3 is 2.31 bits per heavy atom. The number of carbonyl (C=O) groups excluding carboxylic acids is 2. The van der Waals surface area contributed by atoms with Gasteiger partial charge in [-0.3, -0.25) is 19.9 Å². The van der Waals surface area contributed by atoms with E-state index in [1.165, 1.54) is 43.2 Å². The standard InChI is InChI=1S/C25H37BrN4O2/c1-19-11-7-8-12-20(19)17-29-15-16-30(18-21(29)31)23-22(26)24(32)27-28-25(23)13-9-5-3-2-4-6-10-14-25/h7-8,11-12,22-23,28H,2-6,9-10,13-18H2,1H3,(H,27,32). The molecular formula is C25H37BrN4O2. The molecule has 2 atom stereocenters. The molecule has 0 radical (unpaired) electrons. The van der Waals surface area contributed by atoms with Crippen LogP contribution in [0.2, 0.25) is 0 Å². The minimum Gasteiger partial charge on any atom is -0.336 e. The second-order valence-electron chi connectivity index (χ2n) is 9.80. The monoisotopic (exact) mass is 504 g/mol. The van der Waals surface area contributed by atoms with Gasteiger partial charge in [0.1, 0.15) is 4.83 Å². The van der Waals surface area contributed by atoms with Gasteiger partial charge in [0.05, 0.1) is 18.1 Å². The van der Waals surface area contributed by atoms with E-state index in [0.717, 1.165) is 32.2 Å². The molecule has 2 unspecified atom stereocenters. The molecule has 1 saturated carbocycles. The van der Waals surface area contributed by atoms with Crippen LogP contribution in [0.1, 0.15) is 68.9 Å². The van der Waals surface area contributed by atoms with Crippen molar-refractivity contribution in [2.24, 2.45) is 0 Å². The molecule has 7 heteroatoms. The molecule has 3 fully saturated rings. The van der Waals surface area contributed by atoms with Crippen LogP contribution in [0, 0.1) is 6.92 Å². The molecule has 1 aromatic carbocycles. The van der Waals surface area contributed by atoms with E-state index in [0.29, 0.717) is 19.6 Å². The number of amides is 2.